The van der Waals surface area contributed by atoms with Gasteiger partial charge in [-0.25, -0.2) is 10.4 Å². The molecule has 2 aliphatic heterocycles. The van der Waals surface area contributed by atoms with Crippen molar-refractivity contribution in [2.45, 2.75) is 51.2 Å². The molecule has 1 fully saturated rings. The van der Waals surface area contributed by atoms with E-state index in [1.807, 2.05) is 36.1 Å². The van der Waals surface area contributed by atoms with Gasteiger partial charge in [0.2, 0.25) is 5.91 Å². The van der Waals surface area contributed by atoms with E-state index in [1.54, 1.807) is 7.11 Å². The Balaban J connectivity index is 1.41. The molecule has 0 bridgehead atoms. The first-order valence-corrected chi connectivity index (χ1v) is 12.2. The zero-order valence-corrected chi connectivity index (χ0v) is 19.5. The molecule has 0 spiro atoms. The highest BCUT2D eigenvalue weighted by Crippen LogP contribution is 2.32. The fourth-order valence-electron chi connectivity index (χ4n) is 4.36. The quantitative estimate of drug-likeness (QED) is 0.471. The Kier molecular flexibility index (Phi) is 7.49. The van der Waals surface area contributed by atoms with Gasteiger partial charge in [-0.3, -0.25) is 20.5 Å². The number of nitrogens with one attached hydrogen (secondary N) is 4. The number of hydrogen-bond acceptors (Lipinski definition) is 7. The van der Waals surface area contributed by atoms with Crippen LogP contribution in [-0.4, -0.2) is 48.5 Å². The van der Waals surface area contributed by atoms with Crippen LogP contribution in [0.15, 0.2) is 40.9 Å². The van der Waals surface area contributed by atoms with E-state index >= 15 is 0 Å². The predicted octanol–water partition coefficient (Wildman–Crippen LogP) is 3.03. The average Bonchev–Trinajstić information content (AvgIpc) is 3.19. The molecular formula is C23H32N6O2S. The Bertz CT molecular complexity index is 900. The third kappa shape index (κ3) is 5.16. The number of nitrogens with zero attached hydrogens (tertiary/aromatic N) is 2. The Morgan fingerprint density at radius 2 is 2.12 bits per heavy atom. The van der Waals surface area contributed by atoms with Gasteiger partial charge in [0, 0.05) is 18.3 Å². The molecule has 3 atom stereocenters. The number of fused-ring (bicyclic) bond motifs is 1. The molecule has 1 aliphatic carbocycles. The number of aliphatic imine (C=N–C) groups is 1. The van der Waals surface area contributed by atoms with Crippen LogP contribution in [0.5, 0.6) is 5.75 Å². The summed E-state index contributed by atoms with van der Waals surface area (Å²) in [5.74, 6) is 1.39. The first-order valence-electron chi connectivity index (χ1n) is 11.3. The number of anilines is 1. The topological polar surface area (TPSA) is 102 Å². The van der Waals surface area contributed by atoms with Gasteiger partial charge in [-0.2, -0.15) is 0 Å². The van der Waals surface area contributed by atoms with Crippen LogP contribution in [-0.2, 0) is 4.79 Å². The first kappa shape index (κ1) is 22.8. The molecule has 0 aromatic heterocycles. The zero-order valence-electron chi connectivity index (χ0n) is 18.7. The van der Waals surface area contributed by atoms with Crippen molar-refractivity contribution in [1.29, 1.82) is 5.41 Å². The fraction of sp³-hybridized carbons (Fsp3) is 0.522. The Hall–Kier alpha value is -2.36. The summed E-state index contributed by atoms with van der Waals surface area (Å²) in [6.07, 6.45) is 7.89. The summed E-state index contributed by atoms with van der Waals surface area (Å²) in [4.78, 5) is 19.2. The first-order chi connectivity index (χ1) is 15.6. The number of carbonyl (C=O) groups excluding carboxylic acids is 1. The Morgan fingerprint density at radius 1 is 1.31 bits per heavy atom. The van der Waals surface area contributed by atoms with Crippen LogP contribution in [0.4, 0.5) is 5.69 Å². The highest BCUT2D eigenvalue weighted by Gasteiger charge is 2.43. The largest absolute Gasteiger partial charge is 0.497 e. The zero-order chi connectivity index (χ0) is 22.5. The summed E-state index contributed by atoms with van der Waals surface area (Å²) < 4.78 is 5.27. The molecule has 4 N–H and O–H groups in total. The highest BCUT2D eigenvalue weighted by atomic mass is 32.2. The Morgan fingerprint density at radius 3 is 2.84 bits per heavy atom. The third-order valence-electron chi connectivity index (χ3n) is 6.15. The number of rotatable bonds is 7. The molecule has 1 saturated heterocycles. The number of amides is 1. The van der Waals surface area contributed by atoms with Gasteiger partial charge in [0.15, 0.2) is 5.17 Å². The summed E-state index contributed by atoms with van der Waals surface area (Å²) in [6, 6.07) is 7.67. The lowest BCUT2D eigenvalue weighted by atomic mass is 9.97. The van der Waals surface area contributed by atoms with Gasteiger partial charge in [0.1, 0.15) is 17.8 Å². The number of benzene rings is 1. The van der Waals surface area contributed by atoms with E-state index in [0.717, 1.165) is 30.7 Å². The van der Waals surface area contributed by atoms with Gasteiger partial charge in [-0.05, 0) is 63.3 Å². The minimum Gasteiger partial charge on any atom is -0.497 e. The number of allylic oxidation sites excluding steroid dienone is 1. The minimum atomic E-state index is -0.212. The van der Waals surface area contributed by atoms with Crippen molar-refractivity contribution in [3.05, 3.63) is 35.9 Å². The number of hydrazine groups is 1. The molecule has 1 aromatic rings. The maximum absolute atomic E-state index is 12.5. The predicted molar refractivity (Wildman–Crippen MR) is 130 cm³/mol. The maximum Gasteiger partial charge on any atom is 0.230 e. The van der Waals surface area contributed by atoms with Crippen LogP contribution >= 0.6 is 11.8 Å². The van der Waals surface area contributed by atoms with Gasteiger partial charge >= 0.3 is 0 Å². The van der Waals surface area contributed by atoms with Crippen LogP contribution in [0.25, 0.3) is 0 Å². The smallest absolute Gasteiger partial charge is 0.230 e. The van der Waals surface area contributed by atoms with E-state index in [1.165, 1.54) is 30.2 Å². The molecule has 3 aliphatic rings. The number of carbonyl (C=O) groups is 1. The van der Waals surface area contributed by atoms with Crippen molar-refractivity contribution < 1.29 is 9.53 Å². The summed E-state index contributed by atoms with van der Waals surface area (Å²) in [7, 11) is 1.63. The number of methoxy groups -OCH3 is 1. The van der Waals surface area contributed by atoms with Crippen molar-refractivity contribution in [2.24, 2.45) is 10.9 Å². The molecular weight excluding hydrogens is 424 g/mol. The summed E-state index contributed by atoms with van der Waals surface area (Å²) >= 11 is 1.37. The summed E-state index contributed by atoms with van der Waals surface area (Å²) in [5.41, 5.74) is 8.66. The van der Waals surface area contributed by atoms with Crippen molar-refractivity contribution >= 4 is 34.4 Å². The second-order valence-corrected chi connectivity index (χ2v) is 9.32. The van der Waals surface area contributed by atoms with Crippen LogP contribution < -0.4 is 25.8 Å². The van der Waals surface area contributed by atoms with Gasteiger partial charge in [0.05, 0.1) is 18.8 Å². The van der Waals surface area contributed by atoms with Gasteiger partial charge in [-0.1, -0.05) is 23.4 Å². The molecule has 3 unspecified atom stereocenters. The standard InChI is InChI=1S/C23H32N6O2S/c1-15-20-21(24)29(17-8-10-18(31-2)11-9-17)23(26-22(20)28-27-15)32-14-19(30)25-13-12-16-6-4-3-5-7-16/h6,8-11,15,20,22,24,27-28H,3-5,7,12-14H2,1-2H3,(H,25,30). The van der Waals surface area contributed by atoms with Crippen LogP contribution in [0.3, 0.4) is 0 Å². The third-order valence-corrected chi connectivity index (χ3v) is 7.10. The van der Waals surface area contributed by atoms with Crippen LogP contribution in [0.2, 0.25) is 0 Å². The van der Waals surface area contributed by atoms with Crippen molar-refractivity contribution in [1.82, 2.24) is 16.2 Å². The lowest BCUT2D eigenvalue weighted by Crippen LogP contribution is -2.50. The number of thioether (sulfide) groups is 1. The van der Waals surface area contributed by atoms with Crippen LogP contribution in [0.1, 0.15) is 39.0 Å². The number of ether oxygens (including phenoxy) is 1. The van der Waals surface area contributed by atoms with Crippen LogP contribution in [0, 0.1) is 11.3 Å². The molecule has 1 amide bonds. The SMILES string of the molecule is COc1ccc(N2C(=N)C3C(C)NNC3N=C2SCC(=O)NCCC2=CCCCC2)cc1. The van der Waals surface area contributed by atoms with Gasteiger partial charge < -0.3 is 10.1 Å². The molecule has 172 valence electrons. The maximum atomic E-state index is 12.5. The second kappa shape index (κ2) is 10.5. The normalized spacial score (nSPS) is 25.1. The Labute approximate surface area is 193 Å². The number of hydrogen-bond donors (Lipinski definition) is 4. The van der Waals surface area contributed by atoms with E-state index in [-0.39, 0.29) is 29.8 Å². The molecule has 0 saturated carbocycles. The van der Waals surface area contributed by atoms with E-state index < -0.39 is 0 Å². The molecule has 4 rings (SSSR count). The molecule has 8 nitrogen and oxygen atoms in total. The van der Waals surface area contributed by atoms with Gasteiger partial charge in [-0.15, -0.1) is 0 Å². The monoisotopic (exact) mass is 456 g/mol. The molecule has 32 heavy (non-hydrogen) atoms. The number of amidine groups is 2. The van der Waals surface area contributed by atoms with E-state index in [9.17, 15) is 4.79 Å². The van der Waals surface area contributed by atoms with E-state index in [0.29, 0.717) is 17.5 Å². The summed E-state index contributed by atoms with van der Waals surface area (Å²) in [5, 5.41) is 12.6. The molecule has 1 aromatic carbocycles. The summed E-state index contributed by atoms with van der Waals surface area (Å²) in [6.45, 7) is 2.71. The second-order valence-electron chi connectivity index (χ2n) is 8.38. The van der Waals surface area contributed by atoms with Crippen molar-refractivity contribution in [3.63, 3.8) is 0 Å². The minimum absolute atomic E-state index is 0.0108. The highest BCUT2D eigenvalue weighted by molar-refractivity contribution is 8.14. The lowest BCUT2D eigenvalue weighted by Gasteiger charge is -2.35. The van der Waals surface area contributed by atoms with Crippen molar-refractivity contribution in [2.75, 3.05) is 24.3 Å². The van der Waals surface area contributed by atoms with Crippen molar-refractivity contribution in [3.8, 4) is 5.75 Å². The van der Waals surface area contributed by atoms with Gasteiger partial charge in [0.25, 0.3) is 0 Å². The lowest BCUT2D eigenvalue weighted by molar-refractivity contribution is -0.118. The van der Waals surface area contributed by atoms with E-state index in [4.69, 9.17) is 15.1 Å². The molecule has 0 radical (unpaired) electrons. The molecule has 9 heteroatoms. The average molecular weight is 457 g/mol. The fourth-order valence-corrected chi connectivity index (χ4v) is 5.24. The van der Waals surface area contributed by atoms with E-state index in [2.05, 4.69) is 22.2 Å². The molecule has 2 heterocycles.